The molecule has 0 aliphatic heterocycles. The molecule has 2 aromatic carbocycles. The molecule has 0 radical (unpaired) electrons. The van der Waals surface area contributed by atoms with Gasteiger partial charge in [0.15, 0.2) is 0 Å². The summed E-state index contributed by atoms with van der Waals surface area (Å²) in [5.74, 6) is 0. The molecule has 1 heterocycles. The van der Waals surface area contributed by atoms with Crippen LogP contribution < -0.4 is 0 Å². The monoisotopic (exact) mass is 361 g/mol. The molecule has 0 spiro atoms. The van der Waals surface area contributed by atoms with Gasteiger partial charge in [-0.2, -0.15) is 0 Å². The Balaban J connectivity index is 2.22. The van der Waals surface area contributed by atoms with Crippen LogP contribution in [0.2, 0.25) is 5.02 Å². The van der Waals surface area contributed by atoms with Gasteiger partial charge >= 0.3 is 0 Å². The molecule has 0 saturated heterocycles. The van der Waals surface area contributed by atoms with E-state index in [1.807, 2.05) is 54.6 Å². The number of halogens is 2. The highest BCUT2D eigenvalue weighted by Gasteiger charge is 2.13. The Labute approximate surface area is 136 Å². The summed E-state index contributed by atoms with van der Waals surface area (Å²) in [5.41, 5.74) is 3.57. The summed E-state index contributed by atoms with van der Waals surface area (Å²) in [4.78, 5) is 4.68. The van der Waals surface area contributed by atoms with E-state index in [2.05, 4.69) is 20.9 Å². The van der Waals surface area contributed by atoms with E-state index >= 15 is 0 Å². The number of para-hydroxylation sites is 1. The lowest BCUT2D eigenvalue weighted by molar-refractivity contribution is 0.207. The number of benzene rings is 2. The highest BCUT2D eigenvalue weighted by atomic mass is 79.9. The average molecular weight is 363 g/mol. The minimum atomic E-state index is -0.566. The van der Waals surface area contributed by atoms with Crippen LogP contribution in [0, 0.1) is 0 Å². The van der Waals surface area contributed by atoms with Gasteiger partial charge in [-0.05, 0) is 29.8 Å². The number of alkyl halides is 1. The van der Waals surface area contributed by atoms with E-state index in [1.54, 1.807) is 0 Å². The summed E-state index contributed by atoms with van der Waals surface area (Å²) in [6, 6.07) is 17.3. The van der Waals surface area contributed by atoms with Gasteiger partial charge < -0.3 is 5.11 Å². The number of pyridine rings is 1. The number of rotatable bonds is 3. The maximum absolute atomic E-state index is 10.2. The molecule has 0 aliphatic carbocycles. The van der Waals surface area contributed by atoms with Crippen molar-refractivity contribution in [2.24, 2.45) is 0 Å². The third kappa shape index (κ3) is 2.95. The van der Waals surface area contributed by atoms with Crippen LogP contribution in [0.3, 0.4) is 0 Å². The van der Waals surface area contributed by atoms with Crippen molar-refractivity contribution in [3.8, 4) is 11.3 Å². The summed E-state index contributed by atoms with van der Waals surface area (Å²) in [6.07, 6.45) is -0.566. The zero-order valence-electron chi connectivity index (χ0n) is 11.1. The van der Waals surface area contributed by atoms with Gasteiger partial charge in [-0.1, -0.05) is 57.9 Å². The molecule has 3 aromatic rings. The maximum atomic E-state index is 10.2. The zero-order chi connectivity index (χ0) is 14.8. The fourth-order valence-electron chi connectivity index (χ4n) is 2.33. The zero-order valence-corrected chi connectivity index (χ0v) is 13.5. The van der Waals surface area contributed by atoms with Crippen molar-refractivity contribution in [2.75, 3.05) is 5.33 Å². The van der Waals surface area contributed by atoms with E-state index < -0.39 is 6.10 Å². The third-order valence-electron chi connectivity index (χ3n) is 3.39. The topological polar surface area (TPSA) is 33.1 Å². The molecule has 1 atom stereocenters. The van der Waals surface area contributed by atoms with Crippen molar-refractivity contribution in [1.82, 2.24) is 4.98 Å². The Morgan fingerprint density at radius 1 is 1.10 bits per heavy atom. The smallest absolute Gasteiger partial charge is 0.0894 e. The minimum Gasteiger partial charge on any atom is -0.388 e. The number of hydrogen-bond acceptors (Lipinski definition) is 2. The molecule has 0 bridgehead atoms. The van der Waals surface area contributed by atoms with Crippen molar-refractivity contribution < 1.29 is 5.11 Å². The van der Waals surface area contributed by atoms with Crippen molar-refractivity contribution in [2.45, 2.75) is 6.10 Å². The molecule has 2 nitrogen and oxygen atoms in total. The predicted molar refractivity (Wildman–Crippen MR) is 90.9 cm³/mol. The second kappa shape index (κ2) is 6.14. The first kappa shape index (κ1) is 14.5. The summed E-state index contributed by atoms with van der Waals surface area (Å²) < 4.78 is 0. The maximum Gasteiger partial charge on any atom is 0.0894 e. The molecule has 0 fully saturated rings. The first-order valence-corrected chi connectivity index (χ1v) is 8.08. The number of aliphatic hydroxyl groups excluding tert-OH is 1. The fraction of sp³-hybridized carbons (Fsp3) is 0.118. The van der Waals surface area contributed by atoms with E-state index in [1.165, 1.54) is 0 Å². The van der Waals surface area contributed by atoms with Gasteiger partial charge in [0.2, 0.25) is 0 Å². The molecular weight excluding hydrogens is 350 g/mol. The lowest BCUT2D eigenvalue weighted by Crippen LogP contribution is -2.01. The Morgan fingerprint density at radius 3 is 2.52 bits per heavy atom. The molecule has 0 saturated carbocycles. The molecule has 1 N–H and O–H groups in total. The molecular formula is C17H13BrClNO. The largest absolute Gasteiger partial charge is 0.388 e. The van der Waals surface area contributed by atoms with Gasteiger partial charge in [-0.15, -0.1) is 0 Å². The van der Waals surface area contributed by atoms with E-state index in [0.717, 1.165) is 27.7 Å². The van der Waals surface area contributed by atoms with Crippen LogP contribution in [0.4, 0.5) is 0 Å². The van der Waals surface area contributed by atoms with Gasteiger partial charge in [0.25, 0.3) is 0 Å². The van der Waals surface area contributed by atoms with Crippen molar-refractivity contribution in [3.05, 3.63) is 65.2 Å². The fourth-order valence-corrected chi connectivity index (χ4v) is 2.80. The molecule has 0 amide bonds. The Bertz CT molecular complexity index is 773. The molecule has 0 aliphatic rings. The normalized spacial score (nSPS) is 12.5. The molecule has 21 heavy (non-hydrogen) atoms. The summed E-state index contributed by atoms with van der Waals surface area (Å²) in [7, 11) is 0. The lowest BCUT2D eigenvalue weighted by atomic mass is 10.0. The third-order valence-corrected chi connectivity index (χ3v) is 4.26. The lowest BCUT2D eigenvalue weighted by Gasteiger charge is -2.13. The Morgan fingerprint density at radius 2 is 1.81 bits per heavy atom. The van der Waals surface area contributed by atoms with Crippen molar-refractivity contribution in [1.29, 1.82) is 0 Å². The van der Waals surface area contributed by atoms with Crippen molar-refractivity contribution >= 4 is 38.4 Å². The number of nitrogens with zero attached hydrogens (tertiary/aromatic N) is 1. The second-order valence-corrected chi connectivity index (χ2v) is 5.87. The number of aromatic nitrogens is 1. The van der Waals surface area contributed by atoms with Gasteiger partial charge in [-0.3, -0.25) is 0 Å². The minimum absolute atomic E-state index is 0.487. The van der Waals surface area contributed by atoms with E-state index in [-0.39, 0.29) is 0 Å². The van der Waals surface area contributed by atoms with Crippen LogP contribution in [-0.4, -0.2) is 15.4 Å². The van der Waals surface area contributed by atoms with Crippen molar-refractivity contribution in [3.63, 3.8) is 0 Å². The van der Waals surface area contributed by atoms with E-state index in [9.17, 15) is 5.11 Å². The summed E-state index contributed by atoms with van der Waals surface area (Å²) in [6.45, 7) is 0. The second-order valence-electron chi connectivity index (χ2n) is 4.79. The van der Waals surface area contributed by atoms with Crippen LogP contribution in [-0.2, 0) is 0 Å². The molecule has 1 aromatic heterocycles. The first-order valence-electron chi connectivity index (χ1n) is 6.58. The quantitative estimate of drug-likeness (QED) is 0.666. The Kier molecular flexibility index (Phi) is 4.24. The molecule has 106 valence electrons. The summed E-state index contributed by atoms with van der Waals surface area (Å²) in [5, 5.41) is 12.4. The predicted octanol–water partition coefficient (Wildman–Crippen LogP) is 4.98. The number of fused-ring (bicyclic) bond motifs is 1. The van der Waals surface area contributed by atoms with Crippen LogP contribution in [0.15, 0.2) is 54.6 Å². The summed E-state index contributed by atoms with van der Waals surface area (Å²) >= 11 is 9.27. The molecule has 1 unspecified atom stereocenters. The van der Waals surface area contributed by atoms with Gasteiger partial charge in [0.05, 0.1) is 17.3 Å². The van der Waals surface area contributed by atoms with Gasteiger partial charge in [0, 0.05) is 21.3 Å². The van der Waals surface area contributed by atoms with Gasteiger partial charge in [0.1, 0.15) is 0 Å². The molecule has 3 rings (SSSR count). The average Bonchev–Trinajstić information content (AvgIpc) is 2.53. The molecule has 4 heteroatoms. The SMILES string of the molecule is OC(CBr)c1cc(-c2ccc(Cl)cc2)nc2ccccc12. The van der Waals surface area contributed by atoms with Crippen LogP contribution >= 0.6 is 27.5 Å². The van der Waals surface area contributed by atoms with Crippen LogP contribution in [0.5, 0.6) is 0 Å². The van der Waals surface area contributed by atoms with Gasteiger partial charge in [-0.25, -0.2) is 4.98 Å². The highest BCUT2D eigenvalue weighted by Crippen LogP contribution is 2.29. The van der Waals surface area contributed by atoms with E-state index in [4.69, 9.17) is 11.6 Å². The first-order chi connectivity index (χ1) is 10.2. The Hall–Kier alpha value is -1.42. The number of aliphatic hydroxyl groups is 1. The standard InChI is InChI=1S/C17H13BrClNO/c18-10-17(21)14-9-16(11-5-7-12(19)8-6-11)20-15-4-2-1-3-13(14)15/h1-9,17,21H,10H2. The number of hydrogen-bond donors (Lipinski definition) is 1. The van der Waals surface area contributed by atoms with E-state index in [0.29, 0.717) is 10.4 Å². The van der Waals surface area contributed by atoms with Crippen LogP contribution in [0.25, 0.3) is 22.2 Å². The highest BCUT2D eigenvalue weighted by molar-refractivity contribution is 9.09. The van der Waals surface area contributed by atoms with Crippen LogP contribution in [0.1, 0.15) is 11.7 Å².